The van der Waals surface area contributed by atoms with Gasteiger partial charge in [0.05, 0.1) is 23.7 Å². The Kier molecular flexibility index (Phi) is 3.92. The van der Waals surface area contributed by atoms with Gasteiger partial charge in [-0.25, -0.2) is 13.8 Å². The second-order valence-corrected chi connectivity index (χ2v) is 3.76. The average molecular weight is 319 g/mol. The monoisotopic (exact) mass is 319 g/mol. The lowest BCUT2D eigenvalue weighted by molar-refractivity contribution is 0.145. The van der Waals surface area contributed by atoms with E-state index in [9.17, 15) is 8.78 Å². The Morgan fingerprint density at radius 3 is 2.60 bits per heavy atom. The van der Waals surface area contributed by atoms with Crippen molar-refractivity contribution in [3.63, 3.8) is 0 Å². The molecule has 0 amide bonds. The zero-order chi connectivity index (χ0) is 11.4. The predicted octanol–water partition coefficient (Wildman–Crippen LogP) is 2.56. The fraction of sp³-hybridized carbons (Fsp3) is 0.222. The van der Waals surface area contributed by atoms with Crippen LogP contribution in [0.3, 0.4) is 0 Å². The van der Waals surface area contributed by atoms with Crippen molar-refractivity contribution in [2.45, 2.75) is 12.8 Å². The molecular weight excluding hydrogens is 315 g/mol. The van der Waals surface area contributed by atoms with Crippen molar-refractivity contribution in [2.75, 3.05) is 0 Å². The van der Waals surface area contributed by atoms with E-state index in [0.29, 0.717) is 3.57 Å². The maximum absolute atomic E-state index is 12.4. The van der Waals surface area contributed by atoms with E-state index in [1.165, 1.54) is 0 Å². The number of rotatable bonds is 2. The Balaban J connectivity index is 3.35. The van der Waals surface area contributed by atoms with Gasteiger partial charge in [0.25, 0.3) is 6.43 Å². The Morgan fingerprint density at radius 2 is 2.13 bits per heavy atom. The van der Waals surface area contributed by atoms with Crippen LogP contribution in [0.1, 0.15) is 23.4 Å². The van der Waals surface area contributed by atoms with Crippen molar-refractivity contribution >= 4 is 22.6 Å². The SMILES string of the molecule is N#CCc1nc(C(F)F)cc(I)c1C#N. The molecule has 6 heteroatoms. The number of alkyl halides is 2. The number of nitriles is 2. The van der Waals surface area contributed by atoms with Crippen molar-refractivity contribution in [1.29, 1.82) is 10.5 Å². The van der Waals surface area contributed by atoms with Crippen molar-refractivity contribution < 1.29 is 8.78 Å². The lowest BCUT2D eigenvalue weighted by atomic mass is 10.1. The van der Waals surface area contributed by atoms with E-state index in [0.717, 1.165) is 6.07 Å². The van der Waals surface area contributed by atoms with Gasteiger partial charge in [0.1, 0.15) is 11.8 Å². The molecule has 0 aromatic carbocycles. The second-order valence-electron chi connectivity index (χ2n) is 2.60. The van der Waals surface area contributed by atoms with Gasteiger partial charge < -0.3 is 0 Å². The van der Waals surface area contributed by atoms with Crippen LogP contribution in [0, 0.1) is 26.2 Å². The Bertz CT molecular complexity index is 460. The molecule has 0 bridgehead atoms. The van der Waals surface area contributed by atoms with E-state index >= 15 is 0 Å². The standard InChI is InChI=1S/C9H4F2IN3/c10-9(11)8-3-6(12)5(4-14)7(15-8)1-2-13/h3,9H,1H2. The number of aromatic nitrogens is 1. The molecule has 1 aromatic heterocycles. The summed E-state index contributed by atoms with van der Waals surface area (Å²) in [4.78, 5) is 3.59. The lowest BCUT2D eigenvalue weighted by Gasteiger charge is -2.05. The summed E-state index contributed by atoms with van der Waals surface area (Å²) in [5.74, 6) is 0. The van der Waals surface area contributed by atoms with Crippen LogP contribution in [0.2, 0.25) is 0 Å². The molecule has 0 fully saturated rings. The summed E-state index contributed by atoms with van der Waals surface area (Å²) in [5, 5.41) is 17.2. The fourth-order valence-electron chi connectivity index (χ4n) is 1.02. The van der Waals surface area contributed by atoms with E-state index in [1.807, 2.05) is 6.07 Å². The Labute approximate surface area is 98.5 Å². The molecular formula is C9H4F2IN3. The van der Waals surface area contributed by atoms with Gasteiger partial charge in [-0.3, -0.25) is 0 Å². The Morgan fingerprint density at radius 1 is 1.47 bits per heavy atom. The van der Waals surface area contributed by atoms with Crippen LogP contribution in [0.4, 0.5) is 8.78 Å². The van der Waals surface area contributed by atoms with E-state index in [1.54, 1.807) is 28.7 Å². The van der Waals surface area contributed by atoms with Gasteiger partial charge in [0.2, 0.25) is 0 Å². The molecule has 1 rings (SSSR count). The van der Waals surface area contributed by atoms with E-state index in [4.69, 9.17) is 10.5 Å². The summed E-state index contributed by atoms with van der Waals surface area (Å²) in [7, 11) is 0. The third-order valence-electron chi connectivity index (χ3n) is 1.65. The molecule has 1 aromatic rings. The topological polar surface area (TPSA) is 60.5 Å². The van der Waals surface area contributed by atoms with Crippen LogP contribution >= 0.6 is 22.6 Å². The highest BCUT2D eigenvalue weighted by Crippen LogP contribution is 2.23. The van der Waals surface area contributed by atoms with Crippen LogP contribution in [0.25, 0.3) is 0 Å². The molecule has 0 aliphatic rings. The molecule has 0 N–H and O–H groups in total. The van der Waals surface area contributed by atoms with Gasteiger partial charge in [0, 0.05) is 3.57 Å². The van der Waals surface area contributed by atoms with Crippen molar-refractivity contribution in [2.24, 2.45) is 0 Å². The first-order valence-electron chi connectivity index (χ1n) is 3.84. The van der Waals surface area contributed by atoms with Gasteiger partial charge in [-0.05, 0) is 28.7 Å². The normalized spacial score (nSPS) is 9.73. The molecule has 3 nitrogen and oxygen atoms in total. The molecule has 0 aliphatic carbocycles. The summed E-state index contributed by atoms with van der Waals surface area (Å²) in [6, 6.07) is 4.80. The third kappa shape index (κ3) is 2.60. The molecule has 15 heavy (non-hydrogen) atoms. The quantitative estimate of drug-likeness (QED) is 0.787. The number of hydrogen-bond acceptors (Lipinski definition) is 3. The van der Waals surface area contributed by atoms with Crippen molar-refractivity contribution in [3.8, 4) is 12.1 Å². The third-order valence-corrected chi connectivity index (χ3v) is 2.50. The van der Waals surface area contributed by atoms with E-state index in [-0.39, 0.29) is 17.7 Å². The smallest absolute Gasteiger partial charge is 0.249 e. The molecule has 0 radical (unpaired) electrons. The van der Waals surface area contributed by atoms with Gasteiger partial charge in [-0.1, -0.05) is 0 Å². The minimum Gasteiger partial charge on any atom is -0.249 e. The summed E-state index contributed by atoms with van der Waals surface area (Å²) >= 11 is 1.78. The number of halogens is 3. The maximum atomic E-state index is 12.4. The minimum absolute atomic E-state index is 0.113. The average Bonchev–Trinajstić information content (AvgIpc) is 2.17. The first-order chi connectivity index (χ1) is 7.10. The molecule has 0 unspecified atom stereocenters. The van der Waals surface area contributed by atoms with Crippen LogP contribution in [0.15, 0.2) is 6.07 Å². The maximum Gasteiger partial charge on any atom is 0.280 e. The molecule has 76 valence electrons. The van der Waals surface area contributed by atoms with Crippen molar-refractivity contribution in [3.05, 3.63) is 26.6 Å². The highest BCUT2D eigenvalue weighted by atomic mass is 127. The molecule has 0 aliphatic heterocycles. The molecule has 0 saturated carbocycles. The number of hydrogen-bond donors (Lipinski definition) is 0. The summed E-state index contributed by atoms with van der Waals surface area (Å²) in [6.45, 7) is 0. The number of pyridine rings is 1. The van der Waals surface area contributed by atoms with Crippen LogP contribution in [-0.2, 0) is 6.42 Å². The van der Waals surface area contributed by atoms with Crippen LogP contribution < -0.4 is 0 Å². The number of nitrogens with zero attached hydrogens (tertiary/aromatic N) is 3. The van der Waals surface area contributed by atoms with Gasteiger partial charge >= 0.3 is 0 Å². The van der Waals surface area contributed by atoms with Crippen molar-refractivity contribution in [1.82, 2.24) is 4.98 Å². The molecule has 1 heterocycles. The highest BCUT2D eigenvalue weighted by Gasteiger charge is 2.15. The zero-order valence-corrected chi connectivity index (χ0v) is 9.49. The highest BCUT2D eigenvalue weighted by molar-refractivity contribution is 14.1. The first-order valence-corrected chi connectivity index (χ1v) is 4.92. The second kappa shape index (κ2) is 4.99. The fourth-order valence-corrected chi connectivity index (χ4v) is 1.77. The van der Waals surface area contributed by atoms with E-state index in [2.05, 4.69) is 4.98 Å². The van der Waals surface area contributed by atoms with Gasteiger partial charge in [-0.15, -0.1) is 0 Å². The largest absolute Gasteiger partial charge is 0.280 e. The molecule has 0 spiro atoms. The summed E-state index contributed by atoms with van der Waals surface area (Å²) in [5.41, 5.74) is -0.0904. The lowest BCUT2D eigenvalue weighted by Crippen LogP contribution is -2.02. The van der Waals surface area contributed by atoms with Gasteiger partial charge in [0.15, 0.2) is 0 Å². The van der Waals surface area contributed by atoms with Crippen LogP contribution in [-0.4, -0.2) is 4.98 Å². The zero-order valence-electron chi connectivity index (χ0n) is 7.34. The van der Waals surface area contributed by atoms with E-state index < -0.39 is 12.1 Å². The predicted molar refractivity (Wildman–Crippen MR) is 55.9 cm³/mol. The molecule has 0 saturated heterocycles. The minimum atomic E-state index is -2.69. The van der Waals surface area contributed by atoms with Gasteiger partial charge in [-0.2, -0.15) is 10.5 Å². The Hall–Kier alpha value is -1.28. The summed E-state index contributed by atoms with van der Waals surface area (Å²) < 4.78 is 25.1. The van der Waals surface area contributed by atoms with Crippen LogP contribution in [0.5, 0.6) is 0 Å². The molecule has 0 atom stereocenters. The summed E-state index contributed by atoms with van der Waals surface area (Å²) in [6.07, 6.45) is -2.83. The first kappa shape index (κ1) is 11.8.